The highest BCUT2D eigenvalue weighted by Crippen LogP contribution is 2.33. The highest BCUT2D eigenvalue weighted by Gasteiger charge is 2.30. The largest absolute Gasteiger partial charge is 0.478 e. The van der Waals surface area contributed by atoms with E-state index in [1.807, 2.05) is 12.1 Å². The van der Waals surface area contributed by atoms with Crippen molar-refractivity contribution in [2.45, 2.75) is 25.3 Å². The maximum atomic E-state index is 11.4. The van der Waals surface area contributed by atoms with E-state index in [1.54, 1.807) is 18.5 Å². The Bertz CT molecular complexity index is 617. The molecule has 2 aromatic heterocycles. The second-order valence-corrected chi connectivity index (χ2v) is 5.32. The molecule has 2 aromatic rings. The summed E-state index contributed by atoms with van der Waals surface area (Å²) in [6, 6.07) is 5.41. The molecule has 5 heteroatoms. The monoisotopic (exact) mass is 271 g/mol. The molecular weight excluding hydrogens is 254 g/mol. The van der Waals surface area contributed by atoms with Crippen LogP contribution in [0, 0.1) is 5.92 Å². The van der Waals surface area contributed by atoms with Crippen LogP contribution in [0.5, 0.6) is 0 Å². The third-order valence-electron chi connectivity index (χ3n) is 3.79. The van der Waals surface area contributed by atoms with Crippen LogP contribution in [0.2, 0.25) is 0 Å². The lowest BCUT2D eigenvalue weighted by molar-refractivity contribution is 0.0696. The minimum atomic E-state index is -0.917. The Morgan fingerprint density at radius 3 is 2.75 bits per heavy atom. The van der Waals surface area contributed by atoms with Crippen LogP contribution in [-0.2, 0) is 6.42 Å². The van der Waals surface area contributed by atoms with Gasteiger partial charge in [0, 0.05) is 41.8 Å². The Labute approximate surface area is 116 Å². The Kier molecular flexibility index (Phi) is 3.28. The number of nitrogens with one attached hydrogen (secondary N) is 1. The summed E-state index contributed by atoms with van der Waals surface area (Å²) in [4.78, 5) is 18.5. The molecule has 1 saturated carbocycles. The highest BCUT2D eigenvalue weighted by molar-refractivity contribution is 5.91. The van der Waals surface area contributed by atoms with E-state index >= 15 is 0 Å². The van der Waals surface area contributed by atoms with Crippen LogP contribution in [0.15, 0.2) is 30.6 Å². The number of pyridine rings is 1. The lowest BCUT2D eigenvalue weighted by Gasteiger charge is -2.09. The van der Waals surface area contributed by atoms with Gasteiger partial charge in [-0.3, -0.25) is 4.98 Å². The van der Waals surface area contributed by atoms with Crippen molar-refractivity contribution in [2.24, 2.45) is 11.7 Å². The number of hydrogen-bond acceptors (Lipinski definition) is 3. The predicted octanol–water partition coefficient (Wildman–Crippen LogP) is 2.05. The minimum Gasteiger partial charge on any atom is -0.478 e. The molecule has 0 saturated heterocycles. The van der Waals surface area contributed by atoms with Crippen LogP contribution in [0.1, 0.15) is 28.9 Å². The number of H-pyrrole nitrogens is 1. The van der Waals surface area contributed by atoms with Gasteiger partial charge in [0.2, 0.25) is 0 Å². The number of aromatic amines is 1. The molecule has 3 rings (SSSR count). The first kappa shape index (κ1) is 12.9. The molecule has 2 heterocycles. The molecule has 0 radical (unpaired) electrons. The molecule has 20 heavy (non-hydrogen) atoms. The minimum absolute atomic E-state index is 0.0389. The molecule has 1 aliphatic rings. The highest BCUT2D eigenvalue weighted by atomic mass is 16.4. The van der Waals surface area contributed by atoms with Gasteiger partial charge in [-0.1, -0.05) is 0 Å². The summed E-state index contributed by atoms with van der Waals surface area (Å²) in [7, 11) is 0. The molecule has 0 aliphatic heterocycles. The zero-order valence-electron chi connectivity index (χ0n) is 11.0. The molecule has 4 N–H and O–H groups in total. The molecule has 0 spiro atoms. The van der Waals surface area contributed by atoms with Crippen molar-refractivity contribution in [3.63, 3.8) is 0 Å². The standard InChI is InChI=1S/C15H17N3O2/c16-12(9-1-2-9)8-14-11(15(19)20)7-13(18-14)10-3-5-17-6-4-10/h3-7,9,12,18H,1-2,8,16H2,(H,19,20). The third-order valence-corrected chi connectivity index (χ3v) is 3.79. The summed E-state index contributed by atoms with van der Waals surface area (Å²) in [5, 5.41) is 9.32. The third kappa shape index (κ3) is 2.58. The normalized spacial score (nSPS) is 16.1. The average Bonchev–Trinajstić information content (AvgIpc) is 3.21. The van der Waals surface area contributed by atoms with Gasteiger partial charge in [-0.15, -0.1) is 0 Å². The predicted molar refractivity (Wildman–Crippen MR) is 75.4 cm³/mol. The fourth-order valence-corrected chi connectivity index (χ4v) is 2.46. The SMILES string of the molecule is NC(Cc1[nH]c(-c2ccncc2)cc1C(=O)O)C1CC1. The number of nitrogens with zero attached hydrogens (tertiary/aromatic N) is 1. The number of aromatic nitrogens is 2. The smallest absolute Gasteiger partial charge is 0.337 e. The molecule has 1 fully saturated rings. The summed E-state index contributed by atoms with van der Waals surface area (Å²) >= 11 is 0. The van der Waals surface area contributed by atoms with Crippen LogP contribution in [0.4, 0.5) is 0 Å². The molecule has 0 amide bonds. The number of carboxylic acid groups (broad SMARTS) is 1. The van der Waals surface area contributed by atoms with Crippen LogP contribution in [0.25, 0.3) is 11.3 Å². The quantitative estimate of drug-likeness (QED) is 0.776. The summed E-state index contributed by atoms with van der Waals surface area (Å²) in [5.41, 5.74) is 8.85. The molecule has 5 nitrogen and oxygen atoms in total. The lowest BCUT2D eigenvalue weighted by atomic mass is 10.1. The Balaban J connectivity index is 1.91. The Hall–Kier alpha value is -2.14. The number of hydrogen-bond donors (Lipinski definition) is 3. The van der Waals surface area contributed by atoms with Crippen LogP contribution >= 0.6 is 0 Å². The van der Waals surface area contributed by atoms with Crippen molar-refractivity contribution in [2.75, 3.05) is 0 Å². The van der Waals surface area contributed by atoms with Gasteiger partial charge >= 0.3 is 5.97 Å². The second-order valence-electron chi connectivity index (χ2n) is 5.32. The van der Waals surface area contributed by atoms with Crippen molar-refractivity contribution >= 4 is 5.97 Å². The van der Waals surface area contributed by atoms with Gasteiger partial charge in [0.1, 0.15) is 0 Å². The summed E-state index contributed by atoms with van der Waals surface area (Å²) in [6.45, 7) is 0. The van der Waals surface area contributed by atoms with Gasteiger partial charge in [0.15, 0.2) is 0 Å². The Morgan fingerprint density at radius 2 is 2.15 bits per heavy atom. The molecule has 1 unspecified atom stereocenters. The fraction of sp³-hybridized carbons (Fsp3) is 0.333. The van der Waals surface area contributed by atoms with Crippen molar-refractivity contribution in [1.82, 2.24) is 9.97 Å². The van der Waals surface area contributed by atoms with Crippen molar-refractivity contribution in [3.05, 3.63) is 41.9 Å². The van der Waals surface area contributed by atoms with Crippen molar-refractivity contribution in [3.8, 4) is 11.3 Å². The number of aromatic carboxylic acids is 1. The first-order valence-electron chi connectivity index (χ1n) is 6.76. The summed E-state index contributed by atoms with van der Waals surface area (Å²) in [6.07, 6.45) is 6.26. The van der Waals surface area contributed by atoms with E-state index < -0.39 is 5.97 Å². The average molecular weight is 271 g/mol. The molecule has 1 atom stereocenters. The molecule has 0 aromatic carbocycles. The number of carboxylic acids is 1. The van der Waals surface area contributed by atoms with E-state index in [-0.39, 0.29) is 6.04 Å². The fourth-order valence-electron chi connectivity index (χ4n) is 2.46. The Morgan fingerprint density at radius 1 is 1.45 bits per heavy atom. The zero-order valence-corrected chi connectivity index (χ0v) is 11.0. The summed E-state index contributed by atoms with van der Waals surface area (Å²) in [5.74, 6) is -0.371. The van der Waals surface area contributed by atoms with Gasteiger partial charge in [0.25, 0.3) is 0 Å². The van der Waals surface area contributed by atoms with Gasteiger partial charge < -0.3 is 15.8 Å². The van der Waals surface area contributed by atoms with Gasteiger partial charge in [0.05, 0.1) is 5.56 Å². The van der Waals surface area contributed by atoms with Gasteiger partial charge in [-0.05, 0) is 37.0 Å². The summed E-state index contributed by atoms with van der Waals surface area (Å²) < 4.78 is 0. The number of nitrogens with two attached hydrogens (primary N) is 1. The molecule has 104 valence electrons. The number of rotatable bonds is 5. The molecule has 1 aliphatic carbocycles. The van der Waals surface area contributed by atoms with E-state index in [2.05, 4.69) is 9.97 Å². The maximum Gasteiger partial charge on any atom is 0.337 e. The van der Waals surface area contributed by atoms with E-state index in [0.717, 1.165) is 24.1 Å². The number of carbonyl (C=O) groups is 1. The van der Waals surface area contributed by atoms with E-state index in [0.29, 0.717) is 23.6 Å². The topological polar surface area (TPSA) is 92.0 Å². The van der Waals surface area contributed by atoms with E-state index in [4.69, 9.17) is 5.73 Å². The zero-order chi connectivity index (χ0) is 14.1. The van der Waals surface area contributed by atoms with Crippen molar-refractivity contribution in [1.29, 1.82) is 0 Å². The van der Waals surface area contributed by atoms with E-state index in [1.165, 1.54) is 0 Å². The van der Waals surface area contributed by atoms with Crippen LogP contribution < -0.4 is 5.73 Å². The first-order valence-corrected chi connectivity index (χ1v) is 6.76. The lowest BCUT2D eigenvalue weighted by Crippen LogP contribution is -2.26. The second kappa shape index (κ2) is 5.09. The first-order chi connectivity index (χ1) is 9.65. The maximum absolute atomic E-state index is 11.4. The van der Waals surface area contributed by atoms with Gasteiger partial charge in [-0.25, -0.2) is 4.79 Å². The molecular formula is C15H17N3O2. The van der Waals surface area contributed by atoms with Crippen LogP contribution in [0.3, 0.4) is 0 Å². The molecule has 0 bridgehead atoms. The van der Waals surface area contributed by atoms with Gasteiger partial charge in [-0.2, -0.15) is 0 Å². The van der Waals surface area contributed by atoms with E-state index in [9.17, 15) is 9.90 Å². The van der Waals surface area contributed by atoms with Crippen molar-refractivity contribution < 1.29 is 9.90 Å². The van der Waals surface area contributed by atoms with Crippen LogP contribution in [-0.4, -0.2) is 27.1 Å².